The number of nitrogens with zero attached hydrogens (tertiary/aromatic N) is 3. The third-order valence-corrected chi connectivity index (χ3v) is 10.3. The zero-order valence-electron chi connectivity index (χ0n) is 28.4. The number of benzene rings is 2. The molecule has 242 valence electrons. The molecule has 0 unspecified atom stereocenters. The fraction of sp³-hybridized carbons (Fsp3) is 0.564. The number of amides is 1. The molecular weight excluding hydrogens is 558 g/mol. The molecule has 0 radical (unpaired) electrons. The molecule has 0 aliphatic heterocycles. The second-order valence-electron chi connectivity index (χ2n) is 14.7. The number of carbonyl (C=O) groups excluding carboxylic acids is 2. The van der Waals surface area contributed by atoms with E-state index in [4.69, 9.17) is 4.74 Å². The van der Waals surface area contributed by atoms with Gasteiger partial charge in [0, 0.05) is 36.3 Å². The summed E-state index contributed by atoms with van der Waals surface area (Å²) in [6.45, 7) is 11.0. The van der Waals surface area contributed by atoms with Crippen molar-refractivity contribution in [2.45, 2.75) is 110 Å². The molecule has 2 saturated carbocycles. The Bertz CT molecular complexity index is 1450. The summed E-state index contributed by atoms with van der Waals surface area (Å²) in [5.41, 5.74) is 5.66. The Hall–Kier alpha value is -3.41. The molecular formula is C39H53N3O3. The molecule has 1 aromatic heterocycles. The minimum atomic E-state index is -0.0928. The van der Waals surface area contributed by atoms with Gasteiger partial charge in [0.1, 0.15) is 11.5 Å². The van der Waals surface area contributed by atoms with Gasteiger partial charge >= 0.3 is 0 Å². The summed E-state index contributed by atoms with van der Waals surface area (Å²) in [4.78, 5) is 28.0. The predicted molar refractivity (Wildman–Crippen MR) is 183 cm³/mol. The molecule has 2 aliphatic rings. The molecule has 0 N–H and O–H groups in total. The van der Waals surface area contributed by atoms with Crippen molar-refractivity contribution < 1.29 is 14.3 Å². The molecule has 2 aliphatic carbocycles. The highest BCUT2D eigenvalue weighted by atomic mass is 16.5. The average Bonchev–Trinajstić information content (AvgIpc) is 3.55. The maximum atomic E-state index is 14.4. The zero-order valence-corrected chi connectivity index (χ0v) is 28.4. The van der Waals surface area contributed by atoms with Gasteiger partial charge in [-0.1, -0.05) is 24.3 Å². The lowest BCUT2D eigenvalue weighted by Crippen LogP contribution is -2.41. The van der Waals surface area contributed by atoms with Crippen molar-refractivity contribution in [1.82, 2.24) is 9.78 Å². The normalized spacial score (nSPS) is 22.2. The van der Waals surface area contributed by atoms with Gasteiger partial charge in [0.2, 0.25) is 5.91 Å². The number of carbonyl (C=O) groups is 2. The molecule has 0 atom stereocenters. The number of ketones is 1. The van der Waals surface area contributed by atoms with E-state index in [1.165, 1.54) is 11.1 Å². The van der Waals surface area contributed by atoms with Crippen molar-refractivity contribution >= 4 is 17.4 Å². The van der Waals surface area contributed by atoms with Gasteiger partial charge in [0.05, 0.1) is 18.8 Å². The van der Waals surface area contributed by atoms with Crippen LogP contribution in [0.1, 0.15) is 109 Å². The average molecular weight is 612 g/mol. The fourth-order valence-electron chi connectivity index (χ4n) is 7.43. The van der Waals surface area contributed by atoms with Gasteiger partial charge in [-0.25, -0.2) is 0 Å². The van der Waals surface area contributed by atoms with Crippen LogP contribution in [-0.2, 0) is 15.1 Å². The van der Waals surface area contributed by atoms with Gasteiger partial charge in [0.25, 0.3) is 0 Å². The molecule has 0 saturated heterocycles. The van der Waals surface area contributed by atoms with Crippen LogP contribution >= 0.6 is 0 Å². The number of hydrogen-bond donors (Lipinski definition) is 0. The summed E-state index contributed by atoms with van der Waals surface area (Å²) in [7, 11) is 1.73. The third-order valence-electron chi connectivity index (χ3n) is 10.3. The van der Waals surface area contributed by atoms with Crippen LogP contribution < -0.4 is 9.64 Å². The lowest BCUT2D eigenvalue weighted by Gasteiger charge is -2.36. The maximum absolute atomic E-state index is 14.4. The van der Waals surface area contributed by atoms with Gasteiger partial charge in [-0.05, 0) is 145 Å². The highest BCUT2D eigenvalue weighted by Gasteiger charge is 2.33. The van der Waals surface area contributed by atoms with Gasteiger partial charge < -0.3 is 14.4 Å². The van der Waals surface area contributed by atoms with Crippen molar-refractivity contribution in [3.63, 3.8) is 0 Å². The Labute approximate surface area is 270 Å². The van der Waals surface area contributed by atoms with Crippen LogP contribution in [0.5, 0.6) is 5.75 Å². The van der Waals surface area contributed by atoms with Crippen molar-refractivity contribution in [3.05, 3.63) is 66.0 Å². The Morgan fingerprint density at radius 2 is 1.64 bits per heavy atom. The van der Waals surface area contributed by atoms with Crippen LogP contribution in [0.2, 0.25) is 0 Å². The molecule has 45 heavy (non-hydrogen) atoms. The lowest BCUT2D eigenvalue weighted by molar-refractivity contribution is -0.124. The van der Waals surface area contributed by atoms with E-state index < -0.39 is 0 Å². The van der Waals surface area contributed by atoms with E-state index in [0.717, 1.165) is 86.9 Å². The lowest BCUT2D eigenvalue weighted by atomic mass is 9.77. The molecule has 0 spiro atoms. The number of aryl methyl sites for hydroxylation is 1. The predicted octanol–water partition coefficient (Wildman–Crippen LogP) is 9.10. The maximum Gasteiger partial charge on any atom is 0.230 e. The molecule has 1 amide bonds. The summed E-state index contributed by atoms with van der Waals surface area (Å²) in [6.07, 6.45) is 14.1. The Morgan fingerprint density at radius 1 is 0.933 bits per heavy atom. The second kappa shape index (κ2) is 14.3. The van der Waals surface area contributed by atoms with Gasteiger partial charge in [0.15, 0.2) is 0 Å². The number of Topliss-reactive ketones (excluding diaryl/α,β-unsaturated/α-hetero) is 1. The highest BCUT2D eigenvalue weighted by Crippen LogP contribution is 2.40. The topological polar surface area (TPSA) is 64.4 Å². The molecule has 0 bridgehead atoms. The molecule has 6 heteroatoms. The monoisotopic (exact) mass is 611 g/mol. The van der Waals surface area contributed by atoms with Crippen molar-refractivity contribution in [3.8, 4) is 16.9 Å². The van der Waals surface area contributed by atoms with Gasteiger partial charge in [-0.3, -0.25) is 9.48 Å². The minimum Gasteiger partial charge on any atom is -0.496 e. The van der Waals surface area contributed by atoms with Crippen LogP contribution in [0.3, 0.4) is 0 Å². The summed E-state index contributed by atoms with van der Waals surface area (Å²) in [5.74, 6) is 3.13. The Balaban J connectivity index is 1.32. The zero-order chi connectivity index (χ0) is 32.1. The molecule has 2 aromatic carbocycles. The second-order valence-corrected chi connectivity index (χ2v) is 14.7. The largest absolute Gasteiger partial charge is 0.496 e. The Morgan fingerprint density at radius 3 is 2.27 bits per heavy atom. The molecule has 3 aromatic rings. The molecule has 1 heterocycles. The first-order valence-corrected chi connectivity index (χ1v) is 17.1. The van der Waals surface area contributed by atoms with Crippen molar-refractivity contribution in [1.29, 1.82) is 0 Å². The first-order chi connectivity index (χ1) is 21.5. The van der Waals surface area contributed by atoms with Crippen LogP contribution in [0.4, 0.5) is 5.69 Å². The van der Waals surface area contributed by atoms with Crippen molar-refractivity contribution in [2.75, 3.05) is 18.6 Å². The van der Waals surface area contributed by atoms with Crippen molar-refractivity contribution in [2.24, 2.45) is 17.8 Å². The number of methoxy groups -OCH3 is 1. The number of aromatic nitrogens is 2. The van der Waals surface area contributed by atoms with Gasteiger partial charge in [-0.15, -0.1) is 0 Å². The minimum absolute atomic E-state index is 0.0458. The van der Waals surface area contributed by atoms with Gasteiger partial charge in [-0.2, -0.15) is 5.10 Å². The van der Waals surface area contributed by atoms with E-state index in [1.54, 1.807) is 14.0 Å². The first kappa shape index (κ1) is 33.0. The summed E-state index contributed by atoms with van der Waals surface area (Å²) < 4.78 is 7.49. The molecule has 5 rings (SSSR count). The summed E-state index contributed by atoms with van der Waals surface area (Å²) >= 11 is 0. The Kier molecular flexibility index (Phi) is 10.5. The quantitative estimate of drug-likeness (QED) is 0.229. The van der Waals surface area contributed by atoms with Crippen LogP contribution in [-0.4, -0.2) is 35.1 Å². The number of hydrogen-bond acceptors (Lipinski definition) is 4. The van der Waals surface area contributed by atoms with Crippen LogP contribution in [0.25, 0.3) is 11.1 Å². The molecule has 6 nitrogen and oxygen atoms in total. The number of ether oxygens (including phenoxy) is 1. The summed E-state index contributed by atoms with van der Waals surface area (Å²) in [6, 6.07) is 15.1. The molecule has 2 fully saturated rings. The van der Waals surface area contributed by atoms with E-state index in [1.807, 2.05) is 10.9 Å². The number of rotatable bonds is 10. The SMILES string of the molecule is COc1ccc(C2CCC(CN(C(=O)C3CCC(CCC(C)=O)CC3)c3cccc(-c4cnn(C(C)(C)C)c4)c3)CC2)cc1C. The first-order valence-electron chi connectivity index (χ1n) is 17.1. The standard InChI is InChI=1S/C39H53N3O3/c1-27-22-34(20-21-37(27)45-6)31-16-14-30(15-17-31)25-41(38(44)32-18-12-29(13-19-32)11-10-28(2)43)36-9-7-8-33(23-36)35-24-40-42(26-35)39(3,4)5/h7-9,20-24,26,29-32H,10-19,25H2,1-6H3. The van der Waals surface area contributed by atoms with E-state index in [9.17, 15) is 9.59 Å². The fourth-order valence-corrected chi connectivity index (χ4v) is 7.43. The van der Waals surface area contributed by atoms with E-state index in [2.05, 4.69) is 86.4 Å². The van der Waals surface area contributed by atoms with E-state index >= 15 is 0 Å². The summed E-state index contributed by atoms with van der Waals surface area (Å²) in [5, 5.41) is 4.63. The van der Waals surface area contributed by atoms with Crippen LogP contribution in [0, 0.1) is 24.7 Å². The number of anilines is 1. The highest BCUT2D eigenvalue weighted by molar-refractivity contribution is 5.95. The van der Waals surface area contributed by atoms with E-state index in [-0.39, 0.29) is 23.1 Å². The third kappa shape index (κ3) is 8.25. The smallest absolute Gasteiger partial charge is 0.230 e. The van der Waals surface area contributed by atoms with E-state index in [0.29, 0.717) is 24.2 Å². The van der Waals surface area contributed by atoms with Crippen LogP contribution in [0.15, 0.2) is 54.9 Å².